The Kier molecular flexibility index (Phi) is 5.14. The van der Waals surface area contributed by atoms with Crippen LogP contribution in [-0.2, 0) is 6.54 Å². The zero-order chi connectivity index (χ0) is 26.9. The van der Waals surface area contributed by atoms with E-state index in [1.165, 1.54) is 0 Å². The Hall–Kier alpha value is -4.52. The fourth-order valence-corrected chi connectivity index (χ4v) is 6.05. The number of amides is 2. The highest BCUT2D eigenvalue weighted by molar-refractivity contribution is 6.03. The molecular formula is C32H29N5O2. The van der Waals surface area contributed by atoms with Crippen molar-refractivity contribution in [2.75, 3.05) is 20.1 Å². The lowest BCUT2D eigenvalue weighted by Crippen LogP contribution is -2.53. The third-order valence-corrected chi connectivity index (χ3v) is 8.51. The molecule has 5 heterocycles. The predicted octanol–water partition coefficient (Wildman–Crippen LogP) is 5.40. The van der Waals surface area contributed by atoms with Crippen molar-refractivity contribution in [2.24, 2.45) is 11.3 Å². The number of hydrogen-bond donors (Lipinski definition) is 0. The van der Waals surface area contributed by atoms with Crippen LogP contribution in [0.4, 0.5) is 0 Å². The Morgan fingerprint density at radius 3 is 2.62 bits per heavy atom. The number of nitrogens with zero attached hydrogens (tertiary/aromatic N) is 5. The number of carbonyl (C=O) groups excluding carboxylic acids is 2. The van der Waals surface area contributed by atoms with Gasteiger partial charge in [-0.1, -0.05) is 38.1 Å². The summed E-state index contributed by atoms with van der Waals surface area (Å²) < 4.78 is 2.01. The normalized spacial score (nSPS) is 19.4. The Morgan fingerprint density at radius 1 is 1.00 bits per heavy atom. The highest BCUT2D eigenvalue weighted by atomic mass is 16.2. The van der Waals surface area contributed by atoms with Crippen LogP contribution in [0.25, 0.3) is 33.3 Å². The van der Waals surface area contributed by atoms with E-state index >= 15 is 0 Å². The van der Waals surface area contributed by atoms with Gasteiger partial charge in [0.2, 0.25) is 0 Å². The molecule has 39 heavy (non-hydrogen) atoms. The van der Waals surface area contributed by atoms with E-state index in [0.29, 0.717) is 23.7 Å². The Morgan fingerprint density at radius 2 is 1.79 bits per heavy atom. The first kappa shape index (κ1) is 23.6. The smallest absolute Gasteiger partial charge is 0.270 e. The van der Waals surface area contributed by atoms with Crippen molar-refractivity contribution < 1.29 is 9.59 Å². The quantitative estimate of drug-likeness (QED) is 0.366. The van der Waals surface area contributed by atoms with Gasteiger partial charge < -0.3 is 14.4 Å². The van der Waals surface area contributed by atoms with Gasteiger partial charge in [-0.05, 0) is 52.9 Å². The van der Waals surface area contributed by atoms with Crippen molar-refractivity contribution in [1.29, 1.82) is 0 Å². The average Bonchev–Trinajstić information content (AvgIpc) is 3.31. The minimum Gasteiger partial charge on any atom is -0.339 e. The van der Waals surface area contributed by atoms with Gasteiger partial charge >= 0.3 is 0 Å². The van der Waals surface area contributed by atoms with Crippen molar-refractivity contribution in [2.45, 2.75) is 20.4 Å². The molecular weight excluding hydrogens is 486 g/mol. The van der Waals surface area contributed by atoms with E-state index in [1.807, 2.05) is 65.3 Å². The molecule has 1 aliphatic carbocycles. The molecule has 0 saturated carbocycles. The SMILES string of the molecule is CN1CCn2c(cc3c(-c4cncc(-c5ccc(C(=O)N6CC7C6=CC=CC7(C)C)cc5)c4)ccnc32)C1=O. The second-order valence-electron chi connectivity index (χ2n) is 11.3. The number of aromatic nitrogens is 3. The third kappa shape index (κ3) is 3.64. The van der Waals surface area contributed by atoms with Gasteiger partial charge in [-0.2, -0.15) is 0 Å². The highest BCUT2D eigenvalue weighted by Gasteiger charge is 2.45. The monoisotopic (exact) mass is 515 g/mol. The molecule has 1 atom stereocenters. The molecule has 1 aromatic carbocycles. The minimum absolute atomic E-state index is 0.0143. The zero-order valence-electron chi connectivity index (χ0n) is 22.3. The van der Waals surface area contributed by atoms with E-state index in [-0.39, 0.29) is 17.2 Å². The summed E-state index contributed by atoms with van der Waals surface area (Å²) >= 11 is 0. The van der Waals surface area contributed by atoms with Crippen molar-refractivity contribution in [1.82, 2.24) is 24.3 Å². The van der Waals surface area contributed by atoms with Crippen molar-refractivity contribution >= 4 is 22.8 Å². The minimum atomic E-state index is 0.0143. The molecule has 3 aliphatic rings. The Bertz CT molecular complexity index is 1730. The van der Waals surface area contributed by atoms with E-state index in [1.54, 1.807) is 11.1 Å². The van der Waals surface area contributed by atoms with Crippen LogP contribution in [0.15, 0.2) is 85.0 Å². The summed E-state index contributed by atoms with van der Waals surface area (Å²) in [5.41, 5.74) is 7.24. The van der Waals surface area contributed by atoms with Crippen LogP contribution in [0.3, 0.4) is 0 Å². The molecule has 2 aliphatic heterocycles. The van der Waals surface area contributed by atoms with Crippen LogP contribution in [0.1, 0.15) is 34.7 Å². The van der Waals surface area contributed by atoms with Crippen LogP contribution in [-0.4, -0.2) is 56.3 Å². The molecule has 7 heteroatoms. The van der Waals surface area contributed by atoms with Gasteiger partial charge in [0.1, 0.15) is 11.3 Å². The molecule has 7 nitrogen and oxygen atoms in total. The number of hydrogen-bond acceptors (Lipinski definition) is 4. The molecule has 4 aromatic rings. The molecule has 1 saturated heterocycles. The van der Waals surface area contributed by atoms with Crippen molar-refractivity contribution in [3.63, 3.8) is 0 Å². The molecule has 1 unspecified atom stereocenters. The van der Waals surface area contributed by atoms with Gasteiger partial charge in [0, 0.05) is 79.0 Å². The lowest BCUT2D eigenvalue weighted by atomic mass is 9.69. The molecule has 2 amide bonds. The first-order valence-corrected chi connectivity index (χ1v) is 13.3. The largest absolute Gasteiger partial charge is 0.339 e. The second kappa shape index (κ2) is 8.50. The summed E-state index contributed by atoms with van der Waals surface area (Å²) in [6.07, 6.45) is 11.8. The third-order valence-electron chi connectivity index (χ3n) is 8.51. The van der Waals surface area contributed by atoms with Crippen LogP contribution in [0, 0.1) is 11.3 Å². The number of likely N-dealkylation sites (tertiary alicyclic amines) is 1. The number of pyridine rings is 2. The standard InChI is InChI=1S/C32H29N5O2/c1-32(2)11-4-5-27-26(32)19-37(27)30(38)21-8-6-20(7-9-21)22-15-23(18-33-17-22)24-10-12-34-29-25(24)16-28-31(39)35(3)13-14-36(28)29/h4-12,15-18,26H,13-14,19H2,1-3H3. The maximum absolute atomic E-state index is 13.2. The fourth-order valence-electron chi connectivity index (χ4n) is 6.05. The molecule has 0 radical (unpaired) electrons. The lowest BCUT2D eigenvalue weighted by molar-refractivity contribution is 0.0543. The van der Waals surface area contributed by atoms with E-state index < -0.39 is 0 Å². The van der Waals surface area contributed by atoms with E-state index in [4.69, 9.17) is 0 Å². The fraction of sp³-hybridized carbons (Fsp3) is 0.250. The number of benzene rings is 1. The molecule has 3 aromatic heterocycles. The van der Waals surface area contributed by atoms with Gasteiger partial charge in [-0.15, -0.1) is 0 Å². The first-order chi connectivity index (χ1) is 18.8. The molecule has 0 N–H and O–H groups in total. The molecule has 0 bridgehead atoms. The summed E-state index contributed by atoms with van der Waals surface area (Å²) in [6.45, 7) is 6.59. The Labute approximate surface area is 227 Å². The van der Waals surface area contributed by atoms with Crippen molar-refractivity contribution in [3.8, 4) is 22.3 Å². The lowest BCUT2D eigenvalue weighted by Gasteiger charge is -2.50. The maximum Gasteiger partial charge on any atom is 0.270 e. The van der Waals surface area contributed by atoms with Crippen LogP contribution < -0.4 is 0 Å². The van der Waals surface area contributed by atoms with E-state index in [9.17, 15) is 9.59 Å². The number of likely N-dealkylation sites (N-methyl/N-ethyl adjacent to an activating group) is 1. The predicted molar refractivity (Wildman–Crippen MR) is 151 cm³/mol. The molecule has 1 fully saturated rings. The zero-order valence-corrected chi connectivity index (χ0v) is 22.3. The van der Waals surface area contributed by atoms with Gasteiger partial charge in [-0.3, -0.25) is 14.6 Å². The number of carbonyl (C=O) groups is 2. The highest BCUT2D eigenvalue weighted by Crippen LogP contribution is 2.46. The molecule has 194 valence electrons. The van der Waals surface area contributed by atoms with Crippen LogP contribution in [0.2, 0.25) is 0 Å². The summed E-state index contributed by atoms with van der Waals surface area (Å²) in [7, 11) is 1.83. The van der Waals surface area contributed by atoms with E-state index in [2.05, 4.69) is 48.1 Å². The van der Waals surface area contributed by atoms with Crippen LogP contribution in [0.5, 0.6) is 0 Å². The summed E-state index contributed by atoms with van der Waals surface area (Å²) in [4.78, 5) is 38.7. The van der Waals surface area contributed by atoms with Gasteiger partial charge in [0.25, 0.3) is 11.8 Å². The topological polar surface area (TPSA) is 71.3 Å². The summed E-state index contributed by atoms with van der Waals surface area (Å²) in [6, 6.07) is 13.8. The van der Waals surface area contributed by atoms with Gasteiger partial charge in [0.05, 0.1) is 0 Å². The van der Waals surface area contributed by atoms with Gasteiger partial charge in [-0.25, -0.2) is 4.98 Å². The average molecular weight is 516 g/mol. The summed E-state index contributed by atoms with van der Waals surface area (Å²) in [5.74, 6) is 0.448. The second-order valence-corrected chi connectivity index (χ2v) is 11.3. The Balaban J connectivity index is 1.17. The number of rotatable bonds is 3. The number of fused-ring (bicyclic) bond motifs is 4. The number of allylic oxidation sites excluding steroid dienone is 3. The maximum atomic E-state index is 13.2. The van der Waals surface area contributed by atoms with Crippen LogP contribution >= 0.6 is 0 Å². The van der Waals surface area contributed by atoms with E-state index in [0.717, 1.165) is 52.1 Å². The molecule has 0 spiro atoms. The molecule has 7 rings (SSSR count). The van der Waals surface area contributed by atoms with Crippen molar-refractivity contribution in [3.05, 3.63) is 96.2 Å². The van der Waals surface area contributed by atoms with Gasteiger partial charge in [0.15, 0.2) is 0 Å². The summed E-state index contributed by atoms with van der Waals surface area (Å²) in [5, 5.41) is 0.943. The first-order valence-electron chi connectivity index (χ1n) is 13.3.